The summed E-state index contributed by atoms with van der Waals surface area (Å²) in [4.78, 5) is 10.9. The standard InChI is InChI=1S/C31H39NO6S/c1-4-5-20-37-30-23-27(13-17-31(33)34)12-16-29(30)38-21-18-25-10-14-28(15-11-25)32(3)39(35,36)22-19-26-8-6-24(2)7-9-26/h6-12,14-16,23H,4-5,13,17-22H2,1-3H3,(H,33,34). The molecular formula is C31H39NO6S. The van der Waals surface area contributed by atoms with Crippen LogP contribution in [0.2, 0.25) is 0 Å². The van der Waals surface area contributed by atoms with Crippen molar-refractivity contribution in [1.29, 1.82) is 0 Å². The number of carbonyl (C=O) groups is 1. The molecule has 7 nitrogen and oxygen atoms in total. The molecule has 0 heterocycles. The lowest BCUT2D eigenvalue weighted by Crippen LogP contribution is -2.29. The SMILES string of the molecule is CCCCOc1cc(CCC(=O)O)ccc1OCCc1ccc(N(C)S(=O)(=O)CCc2ccc(C)cc2)cc1. The van der Waals surface area contributed by atoms with Gasteiger partial charge in [0, 0.05) is 19.9 Å². The lowest BCUT2D eigenvalue weighted by Gasteiger charge is -2.20. The van der Waals surface area contributed by atoms with Crippen molar-refractivity contribution in [3.8, 4) is 11.5 Å². The number of nitrogens with zero attached hydrogens (tertiary/aromatic N) is 1. The van der Waals surface area contributed by atoms with Crippen molar-refractivity contribution in [2.75, 3.05) is 30.3 Å². The number of sulfonamides is 1. The Morgan fingerprint density at radius 2 is 1.44 bits per heavy atom. The van der Waals surface area contributed by atoms with E-state index >= 15 is 0 Å². The van der Waals surface area contributed by atoms with E-state index in [2.05, 4.69) is 6.92 Å². The minimum Gasteiger partial charge on any atom is -0.490 e. The Bertz CT molecular complexity index is 1300. The average Bonchev–Trinajstić information content (AvgIpc) is 2.92. The van der Waals surface area contributed by atoms with E-state index in [9.17, 15) is 13.2 Å². The predicted molar refractivity (Wildman–Crippen MR) is 156 cm³/mol. The largest absolute Gasteiger partial charge is 0.490 e. The number of ether oxygens (including phenoxy) is 2. The monoisotopic (exact) mass is 553 g/mol. The van der Waals surface area contributed by atoms with Crippen molar-refractivity contribution < 1.29 is 27.8 Å². The Balaban J connectivity index is 1.56. The third kappa shape index (κ3) is 9.62. The highest BCUT2D eigenvalue weighted by Gasteiger charge is 2.18. The van der Waals surface area contributed by atoms with Crippen molar-refractivity contribution in [2.24, 2.45) is 0 Å². The van der Waals surface area contributed by atoms with E-state index in [1.165, 1.54) is 4.31 Å². The Morgan fingerprint density at radius 3 is 2.10 bits per heavy atom. The molecule has 0 radical (unpaired) electrons. The zero-order chi connectivity index (χ0) is 28.3. The summed E-state index contributed by atoms with van der Waals surface area (Å²) in [6.45, 7) is 5.09. The van der Waals surface area contributed by atoms with Gasteiger partial charge in [0.25, 0.3) is 0 Å². The van der Waals surface area contributed by atoms with E-state index in [0.29, 0.717) is 49.7 Å². The minimum absolute atomic E-state index is 0.0416. The van der Waals surface area contributed by atoms with Crippen LogP contribution in [0, 0.1) is 6.92 Å². The molecule has 0 aliphatic heterocycles. The van der Waals surface area contributed by atoms with E-state index in [1.54, 1.807) is 7.05 Å². The molecule has 3 aromatic carbocycles. The van der Waals surface area contributed by atoms with Crippen molar-refractivity contribution in [3.63, 3.8) is 0 Å². The molecular weight excluding hydrogens is 514 g/mol. The molecule has 0 saturated heterocycles. The predicted octanol–water partition coefficient (Wildman–Crippen LogP) is 5.82. The van der Waals surface area contributed by atoms with Crippen LogP contribution in [0.5, 0.6) is 11.5 Å². The highest BCUT2D eigenvalue weighted by Crippen LogP contribution is 2.29. The molecule has 0 aliphatic rings. The second-order valence-electron chi connectivity index (χ2n) is 9.66. The molecule has 3 rings (SSSR count). The molecule has 0 aliphatic carbocycles. The van der Waals surface area contributed by atoms with Gasteiger partial charge in [-0.1, -0.05) is 61.4 Å². The van der Waals surface area contributed by atoms with E-state index in [1.807, 2.05) is 73.7 Å². The molecule has 0 aromatic heterocycles. The van der Waals surface area contributed by atoms with Gasteiger partial charge < -0.3 is 14.6 Å². The zero-order valence-corrected chi connectivity index (χ0v) is 23.9. The summed E-state index contributed by atoms with van der Waals surface area (Å²) in [6.07, 6.45) is 3.53. The lowest BCUT2D eigenvalue weighted by molar-refractivity contribution is -0.136. The summed E-state index contributed by atoms with van der Waals surface area (Å²) in [5.41, 5.74) is 4.69. The van der Waals surface area contributed by atoms with Crippen molar-refractivity contribution in [1.82, 2.24) is 0 Å². The Morgan fingerprint density at radius 1 is 0.821 bits per heavy atom. The number of carboxylic acids is 1. The maximum atomic E-state index is 12.9. The van der Waals surface area contributed by atoms with Crippen molar-refractivity contribution in [2.45, 2.75) is 52.4 Å². The molecule has 8 heteroatoms. The molecule has 0 spiro atoms. The van der Waals surface area contributed by atoms with Crippen LogP contribution in [0.1, 0.15) is 48.4 Å². The van der Waals surface area contributed by atoms with Gasteiger partial charge in [0.1, 0.15) is 0 Å². The van der Waals surface area contributed by atoms with Gasteiger partial charge in [0.15, 0.2) is 11.5 Å². The molecule has 3 aromatic rings. The van der Waals surface area contributed by atoms with E-state index in [-0.39, 0.29) is 12.2 Å². The summed E-state index contributed by atoms with van der Waals surface area (Å²) in [7, 11) is -1.87. The smallest absolute Gasteiger partial charge is 0.303 e. The topological polar surface area (TPSA) is 93.1 Å². The van der Waals surface area contributed by atoms with Crippen molar-refractivity contribution >= 4 is 21.7 Å². The molecule has 1 N–H and O–H groups in total. The van der Waals surface area contributed by atoms with E-state index in [0.717, 1.165) is 35.1 Å². The number of hydrogen-bond donors (Lipinski definition) is 1. The first-order valence-corrected chi connectivity index (χ1v) is 15.0. The summed E-state index contributed by atoms with van der Waals surface area (Å²) >= 11 is 0. The Kier molecular flexibility index (Phi) is 11.2. The summed E-state index contributed by atoms with van der Waals surface area (Å²) in [6, 6.07) is 20.9. The molecule has 0 fully saturated rings. The molecule has 0 unspecified atom stereocenters. The lowest BCUT2D eigenvalue weighted by atomic mass is 10.1. The number of hydrogen-bond acceptors (Lipinski definition) is 5. The highest BCUT2D eigenvalue weighted by molar-refractivity contribution is 7.92. The van der Waals surface area contributed by atoms with Crippen LogP contribution in [0.25, 0.3) is 0 Å². The van der Waals surface area contributed by atoms with Gasteiger partial charge in [-0.15, -0.1) is 0 Å². The molecule has 39 heavy (non-hydrogen) atoms. The van der Waals surface area contributed by atoms with Gasteiger partial charge in [-0.25, -0.2) is 8.42 Å². The molecule has 0 saturated carbocycles. The number of anilines is 1. The first-order valence-electron chi connectivity index (χ1n) is 13.4. The highest BCUT2D eigenvalue weighted by atomic mass is 32.2. The van der Waals surface area contributed by atoms with Gasteiger partial charge in [-0.3, -0.25) is 9.10 Å². The molecule has 210 valence electrons. The first kappa shape index (κ1) is 30.0. The second kappa shape index (κ2) is 14.6. The normalized spacial score (nSPS) is 11.3. The fourth-order valence-corrected chi connectivity index (χ4v) is 5.18. The maximum Gasteiger partial charge on any atom is 0.303 e. The van der Waals surface area contributed by atoms with Crippen LogP contribution in [0.3, 0.4) is 0 Å². The zero-order valence-electron chi connectivity index (χ0n) is 23.1. The third-order valence-corrected chi connectivity index (χ3v) is 8.29. The third-order valence-electron chi connectivity index (χ3n) is 6.53. The van der Waals surface area contributed by atoms with Gasteiger partial charge in [0.05, 0.1) is 24.7 Å². The number of rotatable bonds is 16. The molecule has 0 amide bonds. The minimum atomic E-state index is -3.45. The number of benzene rings is 3. The summed E-state index contributed by atoms with van der Waals surface area (Å²) in [5, 5.41) is 8.97. The number of carboxylic acid groups (broad SMARTS) is 1. The van der Waals surface area contributed by atoms with Crippen LogP contribution >= 0.6 is 0 Å². The summed E-state index contributed by atoms with van der Waals surface area (Å²) in [5.74, 6) is 0.459. The summed E-state index contributed by atoms with van der Waals surface area (Å²) < 4.78 is 39.0. The number of aryl methyl sites for hydroxylation is 3. The fourth-order valence-electron chi connectivity index (χ4n) is 3.97. The van der Waals surface area contributed by atoms with Gasteiger partial charge in [0.2, 0.25) is 10.0 Å². The van der Waals surface area contributed by atoms with Crippen molar-refractivity contribution in [3.05, 3.63) is 89.0 Å². The van der Waals surface area contributed by atoms with Crippen LogP contribution in [-0.4, -0.2) is 45.5 Å². The average molecular weight is 554 g/mol. The number of aliphatic carboxylic acids is 1. The van der Waals surface area contributed by atoms with Crippen LogP contribution < -0.4 is 13.8 Å². The van der Waals surface area contributed by atoms with Crippen LogP contribution in [0.15, 0.2) is 66.7 Å². The quantitative estimate of drug-likeness (QED) is 0.225. The number of unbranched alkanes of at least 4 members (excludes halogenated alkanes) is 1. The van der Waals surface area contributed by atoms with Gasteiger partial charge >= 0.3 is 5.97 Å². The molecule has 0 bridgehead atoms. The van der Waals surface area contributed by atoms with Crippen LogP contribution in [0.4, 0.5) is 5.69 Å². The maximum absolute atomic E-state index is 12.9. The molecule has 0 atom stereocenters. The van der Waals surface area contributed by atoms with Gasteiger partial charge in [-0.05, 0) is 67.1 Å². The van der Waals surface area contributed by atoms with Crippen LogP contribution in [-0.2, 0) is 34.1 Å². The Hall–Kier alpha value is -3.52. The second-order valence-corrected chi connectivity index (χ2v) is 11.8. The van der Waals surface area contributed by atoms with E-state index in [4.69, 9.17) is 14.6 Å². The Labute approximate surface area is 232 Å². The van der Waals surface area contributed by atoms with Gasteiger partial charge in [-0.2, -0.15) is 0 Å². The van der Waals surface area contributed by atoms with E-state index < -0.39 is 16.0 Å². The first-order chi connectivity index (χ1) is 18.7. The fraction of sp³-hybridized carbons (Fsp3) is 0.387.